The molecule has 3 rings (SSSR count). The van der Waals surface area contributed by atoms with E-state index in [9.17, 15) is 9.59 Å². The lowest BCUT2D eigenvalue weighted by Gasteiger charge is -2.05. The zero-order valence-electron chi connectivity index (χ0n) is 12.0. The van der Waals surface area contributed by atoms with Crippen LogP contribution in [0.15, 0.2) is 57.7 Å². The summed E-state index contributed by atoms with van der Waals surface area (Å²) < 4.78 is 4.93. The van der Waals surface area contributed by atoms with E-state index < -0.39 is 5.76 Å². The van der Waals surface area contributed by atoms with E-state index in [2.05, 4.69) is 10.3 Å². The third-order valence-electron chi connectivity index (χ3n) is 3.43. The fourth-order valence-electron chi connectivity index (χ4n) is 2.35. The lowest BCUT2D eigenvalue weighted by atomic mass is 10.1. The van der Waals surface area contributed by atoms with Crippen molar-refractivity contribution in [1.29, 1.82) is 0 Å². The van der Waals surface area contributed by atoms with E-state index >= 15 is 0 Å². The molecule has 0 bridgehead atoms. The van der Waals surface area contributed by atoms with Crippen molar-refractivity contribution >= 4 is 17.0 Å². The van der Waals surface area contributed by atoms with Crippen LogP contribution >= 0.6 is 0 Å². The van der Waals surface area contributed by atoms with Crippen LogP contribution in [0.1, 0.15) is 11.1 Å². The fourth-order valence-corrected chi connectivity index (χ4v) is 2.35. The van der Waals surface area contributed by atoms with Gasteiger partial charge in [0.1, 0.15) is 0 Å². The highest BCUT2D eigenvalue weighted by Crippen LogP contribution is 2.12. The number of amides is 1. The van der Waals surface area contributed by atoms with Crippen molar-refractivity contribution in [3.63, 3.8) is 0 Å². The normalized spacial score (nSPS) is 10.7. The largest absolute Gasteiger partial charge is 0.417 e. The molecule has 1 aromatic heterocycles. The van der Waals surface area contributed by atoms with E-state index in [1.807, 2.05) is 30.3 Å². The highest BCUT2D eigenvalue weighted by atomic mass is 16.4. The zero-order chi connectivity index (χ0) is 15.4. The van der Waals surface area contributed by atoms with Gasteiger partial charge in [-0.1, -0.05) is 36.4 Å². The predicted molar refractivity (Wildman–Crippen MR) is 83.7 cm³/mol. The number of carbonyl (C=O) groups excluding carboxylic acids is 1. The van der Waals surface area contributed by atoms with Gasteiger partial charge in [0.2, 0.25) is 5.91 Å². The first-order valence-electron chi connectivity index (χ1n) is 7.13. The van der Waals surface area contributed by atoms with Gasteiger partial charge in [0, 0.05) is 6.54 Å². The van der Waals surface area contributed by atoms with Gasteiger partial charge >= 0.3 is 5.76 Å². The molecule has 0 aliphatic rings. The number of H-pyrrole nitrogens is 1. The van der Waals surface area contributed by atoms with E-state index in [1.165, 1.54) is 5.56 Å². The Morgan fingerprint density at radius 3 is 2.73 bits per heavy atom. The van der Waals surface area contributed by atoms with E-state index in [0.29, 0.717) is 17.6 Å². The van der Waals surface area contributed by atoms with Gasteiger partial charge in [0.05, 0.1) is 11.9 Å². The predicted octanol–water partition coefficient (Wildman–Crippen LogP) is 2.02. The Morgan fingerprint density at radius 1 is 1.09 bits per heavy atom. The van der Waals surface area contributed by atoms with Crippen LogP contribution in [0.5, 0.6) is 0 Å². The number of hydrogen-bond acceptors (Lipinski definition) is 3. The van der Waals surface area contributed by atoms with Gasteiger partial charge in [-0.2, -0.15) is 0 Å². The second-order valence-corrected chi connectivity index (χ2v) is 5.11. The second kappa shape index (κ2) is 6.30. The minimum absolute atomic E-state index is 0.0406. The number of fused-ring (bicyclic) bond motifs is 1. The van der Waals surface area contributed by atoms with Crippen molar-refractivity contribution in [1.82, 2.24) is 10.3 Å². The number of benzene rings is 2. The fraction of sp³-hybridized carbons (Fsp3) is 0.176. The molecule has 22 heavy (non-hydrogen) atoms. The van der Waals surface area contributed by atoms with Crippen LogP contribution in [0, 0.1) is 0 Å². The quantitative estimate of drug-likeness (QED) is 0.756. The van der Waals surface area contributed by atoms with Crippen LogP contribution in [0.25, 0.3) is 11.1 Å². The van der Waals surface area contributed by atoms with Gasteiger partial charge < -0.3 is 9.73 Å². The van der Waals surface area contributed by atoms with Gasteiger partial charge in [0.25, 0.3) is 0 Å². The molecule has 5 heteroatoms. The lowest BCUT2D eigenvalue weighted by molar-refractivity contribution is -0.120. The molecule has 0 saturated heterocycles. The van der Waals surface area contributed by atoms with Crippen molar-refractivity contribution in [3.8, 4) is 0 Å². The molecule has 1 heterocycles. The molecule has 2 N–H and O–H groups in total. The smallest absolute Gasteiger partial charge is 0.408 e. The van der Waals surface area contributed by atoms with Crippen molar-refractivity contribution < 1.29 is 9.21 Å². The van der Waals surface area contributed by atoms with Gasteiger partial charge in [-0.3, -0.25) is 9.78 Å². The standard InChI is InChI=1S/C17H16N2O3/c20-16(18-9-8-12-4-2-1-3-5-12)11-13-6-7-15-14(10-13)19-17(21)22-15/h1-7,10H,8-9,11H2,(H,18,20)(H,19,21). The monoisotopic (exact) mass is 296 g/mol. The SMILES string of the molecule is O=C(Cc1ccc2oc(=O)[nH]c2c1)NCCc1ccccc1. The zero-order valence-corrected chi connectivity index (χ0v) is 12.0. The molecule has 0 saturated carbocycles. The number of rotatable bonds is 5. The summed E-state index contributed by atoms with van der Waals surface area (Å²) in [5.74, 6) is -0.527. The molecule has 0 fully saturated rings. The van der Waals surface area contributed by atoms with Gasteiger partial charge in [-0.25, -0.2) is 4.79 Å². The molecule has 3 aromatic rings. The molecule has 0 atom stereocenters. The van der Waals surface area contributed by atoms with Crippen molar-refractivity contribution in [2.24, 2.45) is 0 Å². The summed E-state index contributed by atoms with van der Waals surface area (Å²) in [6.07, 6.45) is 1.08. The molecule has 0 aliphatic carbocycles. The minimum Gasteiger partial charge on any atom is -0.408 e. The lowest BCUT2D eigenvalue weighted by Crippen LogP contribution is -2.27. The molecule has 0 aliphatic heterocycles. The average Bonchev–Trinajstić information content (AvgIpc) is 2.87. The van der Waals surface area contributed by atoms with E-state index in [4.69, 9.17) is 4.42 Å². The molecule has 0 radical (unpaired) electrons. The van der Waals surface area contributed by atoms with E-state index in [1.54, 1.807) is 18.2 Å². The van der Waals surface area contributed by atoms with Crippen LogP contribution in [0.4, 0.5) is 0 Å². The molecular weight excluding hydrogens is 280 g/mol. The summed E-state index contributed by atoms with van der Waals surface area (Å²) in [5.41, 5.74) is 3.14. The van der Waals surface area contributed by atoms with Gasteiger partial charge in [0.15, 0.2) is 5.58 Å². The molecule has 1 amide bonds. The Labute approximate surface area is 127 Å². The summed E-state index contributed by atoms with van der Waals surface area (Å²) >= 11 is 0. The summed E-state index contributed by atoms with van der Waals surface area (Å²) in [6, 6.07) is 15.3. The van der Waals surface area contributed by atoms with E-state index in [0.717, 1.165) is 12.0 Å². The highest BCUT2D eigenvalue weighted by Gasteiger charge is 2.06. The maximum absolute atomic E-state index is 11.9. The van der Waals surface area contributed by atoms with Gasteiger partial charge in [-0.15, -0.1) is 0 Å². The first-order chi connectivity index (χ1) is 10.7. The van der Waals surface area contributed by atoms with Crippen molar-refractivity contribution in [2.45, 2.75) is 12.8 Å². The Kier molecular flexibility index (Phi) is 4.05. The number of nitrogens with one attached hydrogen (secondary N) is 2. The maximum atomic E-state index is 11.9. The Balaban J connectivity index is 1.55. The molecule has 0 unspecified atom stereocenters. The average molecular weight is 296 g/mol. The summed E-state index contributed by atoms with van der Waals surface area (Å²) in [6.45, 7) is 0.605. The van der Waals surface area contributed by atoms with Crippen molar-refractivity contribution in [2.75, 3.05) is 6.54 Å². The van der Waals surface area contributed by atoms with Crippen LogP contribution < -0.4 is 11.1 Å². The Hall–Kier alpha value is -2.82. The Morgan fingerprint density at radius 2 is 1.91 bits per heavy atom. The highest BCUT2D eigenvalue weighted by molar-refractivity contribution is 5.80. The molecular formula is C17H16N2O3. The number of oxazole rings is 1. The van der Waals surface area contributed by atoms with E-state index in [-0.39, 0.29) is 12.3 Å². The number of aromatic amines is 1. The van der Waals surface area contributed by atoms with Crippen LogP contribution in [-0.4, -0.2) is 17.4 Å². The molecule has 112 valence electrons. The third kappa shape index (κ3) is 3.44. The summed E-state index contributed by atoms with van der Waals surface area (Å²) in [7, 11) is 0. The minimum atomic E-state index is -0.487. The van der Waals surface area contributed by atoms with Crippen LogP contribution in [0.2, 0.25) is 0 Å². The molecule has 0 spiro atoms. The Bertz CT molecular complexity index is 834. The second-order valence-electron chi connectivity index (χ2n) is 5.11. The first-order valence-corrected chi connectivity index (χ1v) is 7.13. The third-order valence-corrected chi connectivity index (χ3v) is 3.43. The number of hydrogen-bond donors (Lipinski definition) is 2. The number of aromatic nitrogens is 1. The molecule has 5 nitrogen and oxygen atoms in total. The van der Waals surface area contributed by atoms with Crippen LogP contribution in [0.3, 0.4) is 0 Å². The van der Waals surface area contributed by atoms with Crippen molar-refractivity contribution in [3.05, 3.63) is 70.2 Å². The van der Waals surface area contributed by atoms with Gasteiger partial charge in [-0.05, 0) is 29.7 Å². The van der Waals surface area contributed by atoms with Crippen LogP contribution in [-0.2, 0) is 17.6 Å². The summed E-state index contributed by atoms with van der Waals surface area (Å²) in [5, 5.41) is 2.90. The first kappa shape index (κ1) is 14.1. The topological polar surface area (TPSA) is 75.1 Å². The number of carbonyl (C=O) groups is 1. The molecule has 2 aromatic carbocycles. The maximum Gasteiger partial charge on any atom is 0.417 e. The summed E-state index contributed by atoms with van der Waals surface area (Å²) in [4.78, 5) is 25.6.